The quantitative estimate of drug-likeness (QED) is 0.907. The van der Waals surface area contributed by atoms with Crippen LogP contribution in [0.2, 0.25) is 0 Å². The zero-order chi connectivity index (χ0) is 16.5. The van der Waals surface area contributed by atoms with E-state index in [2.05, 4.69) is 15.2 Å². The number of anilines is 1. The Hall–Kier alpha value is -1.75. The van der Waals surface area contributed by atoms with Crippen LogP contribution in [-0.2, 0) is 0 Å². The molecule has 1 aromatic carbocycles. The molecule has 1 aliphatic carbocycles. The molecular formula is C19H23F2N3. The SMILES string of the molecule is Fc1cc(F)c2nccc(NC3CCN(C4CCCC4)CC3)c2c1. The average Bonchev–Trinajstić information content (AvgIpc) is 3.11. The van der Waals surface area contributed by atoms with E-state index in [9.17, 15) is 8.78 Å². The van der Waals surface area contributed by atoms with Crippen molar-refractivity contribution in [2.45, 2.75) is 50.6 Å². The van der Waals surface area contributed by atoms with E-state index in [4.69, 9.17) is 0 Å². The minimum absolute atomic E-state index is 0.227. The van der Waals surface area contributed by atoms with E-state index in [1.807, 2.05) is 6.07 Å². The summed E-state index contributed by atoms with van der Waals surface area (Å²) in [6, 6.07) is 5.18. The number of hydrogen-bond acceptors (Lipinski definition) is 3. The second-order valence-electron chi connectivity index (χ2n) is 7.04. The van der Waals surface area contributed by atoms with Gasteiger partial charge in [-0.3, -0.25) is 4.98 Å². The molecule has 1 saturated heterocycles. The monoisotopic (exact) mass is 331 g/mol. The summed E-state index contributed by atoms with van der Waals surface area (Å²) in [5.41, 5.74) is 1.00. The third-order valence-electron chi connectivity index (χ3n) is 5.49. The molecule has 1 saturated carbocycles. The summed E-state index contributed by atoms with van der Waals surface area (Å²) in [4.78, 5) is 6.67. The van der Waals surface area contributed by atoms with Crippen molar-refractivity contribution in [3.05, 3.63) is 36.0 Å². The summed E-state index contributed by atoms with van der Waals surface area (Å²) in [6.45, 7) is 2.21. The lowest BCUT2D eigenvalue weighted by Crippen LogP contribution is -2.43. The van der Waals surface area contributed by atoms with E-state index in [0.29, 0.717) is 11.4 Å². The molecule has 0 atom stereocenters. The molecule has 0 bridgehead atoms. The molecule has 2 fully saturated rings. The number of aromatic nitrogens is 1. The number of fused-ring (bicyclic) bond motifs is 1. The van der Waals surface area contributed by atoms with Crippen LogP contribution in [0, 0.1) is 11.6 Å². The molecule has 2 heterocycles. The van der Waals surface area contributed by atoms with Gasteiger partial charge in [-0.1, -0.05) is 12.8 Å². The van der Waals surface area contributed by atoms with Gasteiger partial charge in [0.05, 0.1) is 0 Å². The van der Waals surface area contributed by atoms with Gasteiger partial charge in [0.1, 0.15) is 11.3 Å². The fourth-order valence-corrected chi connectivity index (χ4v) is 4.20. The van der Waals surface area contributed by atoms with Gasteiger partial charge in [0.25, 0.3) is 0 Å². The average molecular weight is 331 g/mol. The number of rotatable bonds is 3. The standard InChI is InChI=1S/C19H23F2N3/c20-13-11-16-18(5-8-22-19(16)17(21)12-13)23-14-6-9-24(10-7-14)15-3-1-2-4-15/h5,8,11-12,14-15H,1-4,6-7,9-10H2,(H,22,23). The van der Waals surface area contributed by atoms with E-state index in [0.717, 1.165) is 43.7 Å². The Morgan fingerprint density at radius 3 is 2.54 bits per heavy atom. The topological polar surface area (TPSA) is 28.2 Å². The number of pyridine rings is 1. The summed E-state index contributed by atoms with van der Waals surface area (Å²) in [5, 5.41) is 4.01. The van der Waals surface area contributed by atoms with Gasteiger partial charge in [-0.25, -0.2) is 8.78 Å². The molecular weight excluding hydrogens is 308 g/mol. The summed E-state index contributed by atoms with van der Waals surface area (Å²) in [6.07, 6.45) is 9.12. The fourth-order valence-electron chi connectivity index (χ4n) is 4.20. The van der Waals surface area contributed by atoms with Crippen LogP contribution in [-0.4, -0.2) is 35.1 Å². The summed E-state index contributed by atoms with van der Waals surface area (Å²) >= 11 is 0. The maximum Gasteiger partial charge on any atom is 0.152 e. The lowest BCUT2D eigenvalue weighted by Gasteiger charge is -2.36. The normalized spacial score (nSPS) is 20.8. The maximum absolute atomic E-state index is 13.9. The Kier molecular flexibility index (Phi) is 4.35. The third-order valence-corrected chi connectivity index (χ3v) is 5.49. The van der Waals surface area contributed by atoms with Gasteiger partial charge in [-0.05, 0) is 37.8 Å². The lowest BCUT2D eigenvalue weighted by molar-refractivity contribution is 0.159. The number of benzene rings is 1. The summed E-state index contributed by atoms with van der Waals surface area (Å²) in [5.74, 6) is -1.17. The van der Waals surface area contributed by atoms with Gasteiger partial charge >= 0.3 is 0 Å². The van der Waals surface area contributed by atoms with Crippen LogP contribution in [0.15, 0.2) is 24.4 Å². The van der Waals surface area contributed by atoms with E-state index in [1.165, 1.54) is 31.7 Å². The van der Waals surface area contributed by atoms with Gasteiger partial charge in [0.15, 0.2) is 5.82 Å². The van der Waals surface area contributed by atoms with Crippen LogP contribution < -0.4 is 5.32 Å². The first-order chi connectivity index (χ1) is 11.7. The molecule has 0 unspecified atom stereocenters. The number of hydrogen-bond donors (Lipinski definition) is 1. The fraction of sp³-hybridized carbons (Fsp3) is 0.526. The Bertz CT molecular complexity index is 720. The predicted molar refractivity (Wildman–Crippen MR) is 92.1 cm³/mol. The molecule has 4 rings (SSSR count). The van der Waals surface area contributed by atoms with Crippen molar-refractivity contribution >= 4 is 16.6 Å². The van der Waals surface area contributed by atoms with Crippen LogP contribution in [0.5, 0.6) is 0 Å². The highest BCUT2D eigenvalue weighted by atomic mass is 19.1. The Morgan fingerprint density at radius 2 is 1.79 bits per heavy atom. The zero-order valence-electron chi connectivity index (χ0n) is 13.8. The Labute approximate surface area is 141 Å². The van der Waals surface area contributed by atoms with Crippen LogP contribution >= 0.6 is 0 Å². The second-order valence-corrected chi connectivity index (χ2v) is 7.04. The number of nitrogens with one attached hydrogen (secondary N) is 1. The lowest BCUT2D eigenvalue weighted by atomic mass is 10.0. The highest BCUT2D eigenvalue weighted by molar-refractivity contribution is 5.91. The number of piperidine rings is 1. The molecule has 0 spiro atoms. The van der Waals surface area contributed by atoms with Crippen molar-refractivity contribution in [1.82, 2.24) is 9.88 Å². The molecule has 1 N–H and O–H groups in total. The molecule has 5 heteroatoms. The number of halogens is 2. The summed E-state index contributed by atoms with van der Waals surface area (Å²) < 4.78 is 27.5. The van der Waals surface area contributed by atoms with Crippen LogP contribution in [0.1, 0.15) is 38.5 Å². The van der Waals surface area contributed by atoms with Crippen LogP contribution in [0.25, 0.3) is 10.9 Å². The smallest absolute Gasteiger partial charge is 0.152 e. The molecule has 0 radical (unpaired) electrons. The van der Waals surface area contributed by atoms with E-state index in [-0.39, 0.29) is 5.52 Å². The largest absolute Gasteiger partial charge is 0.382 e. The van der Waals surface area contributed by atoms with E-state index < -0.39 is 11.6 Å². The molecule has 128 valence electrons. The van der Waals surface area contributed by atoms with Crippen molar-refractivity contribution in [2.24, 2.45) is 0 Å². The number of likely N-dealkylation sites (tertiary alicyclic amines) is 1. The van der Waals surface area contributed by atoms with Crippen LogP contribution in [0.3, 0.4) is 0 Å². The minimum Gasteiger partial charge on any atom is -0.382 e. The Balaban J connectivity index is 1.47. The summed E-state index contributed by atoms with van der Waals surface area (Å²) in [7, 11) is 0. The highest BCUT2D eigenvalue weighted by Crippen LogP contribution is 2.29. The molecule has 3 nitrogen and oxygen atoms in total. The molecule has 24 heavy (non-hydrogen) atoms. The van der Waals surface area contributed by atoms with Gasteiger partial charge in [0, 0.05) is 48.5 Å². The second kappa shape index (κ2) is 6.63. The van der Waals surface area contributed by atoms with Crippen LogP contribution in [0.4, 0.5) is 14.5 Å². The van der Waals surface area contributed by atoms with Gasteiger partial charge in [-0.2, -0.15) is 0 Å². The minimum atomic E-state index is -0.607. The van der Waals surface area contributed by atoms with Gasteiger partial charge < -0.3 is 10.2 Å². The molecule has 1 aromatic heterocycles. The first kappa shape index (κ1) is 15.8. The van der Waals surface area contributed by atoms with Crippen molar-refractivity contribution in [2.75, 3.05) is 18.4 Å². The van der Waals surface area contributed by atoms with Crippen molar-refractivity contribution < 1.29 is 8.78 Å². The van der Waals surface area contributed by atoms with Crippen molar-refractivity contribution in [3.63, 3.8) is 0 Å². The zero-order valence-corrected chi connectivity index (χ0v) is 13.8. The van der Waals surface area contributed by atoms with E-state index in [1.54, 1.807) is 6.20 Å². The Morgan fingerprint density at radius 1 is 1.04 bits per heavy atom. The highest BCUT2D eigenvalue weighted by Gasteiger charge is 2.27. The first-order valence-electron chi connectivity index (χ1n) is 8.95. The molecule has 2 aromatic rings. The molecule has 2 aliphatic rings. The maximum atomic E-state index is 13.9. The predicted octanol–water partition coefficient (Wildman–Crippen LogP) is 4.33. The van der Waals surface area contributed by atoms with Crippen molar-refractivity contribution in [1.29, 1.82) is 0 Å². The van der Waals surface area contributed by atoms with Gasteiger partial charge in [-0.15, -0.1) is 0 Å². The first-order valence-corrected chi connectivity index (χ1v) is 8.95. The van der Waals surface area contributed by atoms with Gasteiger partial charge in [0.2, 0.25) is 0 Å². The molecule has 1 aliphatic heterocycles. The third kappa shape index (κ3) is 3.09. The number of nitrogens with zero attached hydrogens (tertiary/aromatic N) is 2. The molecule has 0 amide bonds. The van der Waals surface area contributed by atoms with E-state index >= 15 is 0 Å². The van der Waals surface area contributed by atoms with Crippen molar-refractivity contribution in [3.8, 4) is 0 Å².